The average molecular weight is 275 g/mol. The number of hydrogen-bond donors (Lipinski definition) is 1. The second-order valence-corrected chi connectivity index (χ2v) is 4.90. The third-order valence-corrected chi connectivity index (χ3v) is 3.45. The summed E-state index contributed by atoms with van der Waals surface area (Å²) in [4.78, 5) is 4.41. The monoisotopic (exact) mass is 275 g/mol. The molecule has 1 fully saturated rings. The van der Waals surface area contributed by atoms with Crippen molar-refractivity contribution in [3.05, 3.63) is 24.0 Å². The van der Waals surface area contributed by atoms with Crippen LogP contribution in [0.2, 0.25) is 0 Å². The number of aromatic nitrogens is 2. The van der Waals surface area contributed by atoms with Crippen LogP contribution in [0, 0.1) is 5.92 Å². The molecule has 6 nitrogen and oxygen atoms in total. The molecule has 0 aliphatic carbocycles. The van der Waals surface area contributed by atoms with Gasteiger partial charge in [0.2, 0.25) is 0 Å². The molecule has 1 aromatic heterocycles. The van der Waals surface area contributed by atoms with Crippen LogP contribution < -0.4 is 10.5 Å². The topological polar surface area (TPSA) is 83.4 Å². The fourth-order valence-corrected chi connectivity index (χ4v) is 2.30. The van der Waals surface area contributed by atoms with E-state index in [1.807, 2.05) is 0 Å². The maximum Gasteiger partial charge on any atom is 0.260 e. The highest BCUT2D eigenvalue weighted by Gasteiger charge is 2.20. The summed E-state index contributed by atoms with van der Waals surface area (Å²) in [5, 5.41) is 4.01. The molecule has 0 radical (unpaired) electrons. The van der Waals surface area contributed by atoms with E-state index in [4.69, 9.17) is 19.7 Å². The van der Waals surface area contributed by atoms with Crippen molar-refractivity contribution in [3.8, 4) is 17.2 Å². The van der Waals surface area contributed by atoms with Crippen LogP contribution in [0.1, 0.15) is 12.2 Å². The Morgan fingerprint density at radius 1 is 1.45 bits per heavy atom. The van der Waals surface area contributed by atoms with Crippen LogP contribution in [-0.4, -0.2) is 30.5 Å². The molecule has 0 saturated carbocycles. The van der Waals surface area contributed by atoms with Gasteiger partial charge in [-0.3, -0.25) is 0 Å². The predicted molar refractivity (Wildman–Crippen MR) is 73.3 cm³/mol. The fraction of sp³-hybridized carbons (Fsp3) is 0.429. The Labute approximate surface area is 116 Å². The van der Waals surface area contributed by atoms with E-state index in [-0.39, 0.29) is 0 Å². The highest BCUT2D eigenvalue weighted by molar-refractivity contribution is 5.72. The Morgan fingerprint density at radius 2 is 2.35 bits per heavy atom. The van der Waals surface area contributed by atoms with E-state index in [0.717, 1.165) is 26.1 Å². The normalized spacial score (nSPS) is 18.4. The standard InChI is InChI=1S/C14H17N3O3/c1-18-10-2-3-12(15)11(7-10)14-16-13(17-20-14)6-9-4-5-19-8-9/h2-3,7,9H,4-6,8,15H2,1H3. The lowest BCUT2D eigenvalue weighted by Gasteiger charge is -2.04. The molecule has 0 amide bonds. The molecule has 6 heteroatoms. The molecule has 0 spiro atoms. The maximum absolute atomic E-state index is 5.95. The van der Waals surface area contributed by atoms with Crippen molar-refractivity contribution >= 4 is 5.69 Å². The lowest BCUT2D eigenvalue weighted by atomic mass is 10.1. The molecule has 1 aromatic carbocycles. The van der Waals surface area contributed by atoms with Crippen molar-refractivity contribution in [2.24, 2.45) is 5.92 Å². The molecule has 2 N–H and O–H groups in total. The molecule has 0 bridgehead atoms. The van der Waals surface area contributed by atoms with Crippen LogP contribution in [0.15, 0.2) is 22.7 Å². The first-order valence-electron chi connectivity index (χ1n) is 6.60. The molecule has 1 saturated heterocycles. The molecule has 1 unspecified atom stereocenters. The van der Waals surface area contributed by atoms with Crippen molar-refractivity contribution in [2.75, 3.05) is 26.1 Å². The zero-order valence-electron chi connectivity index (χ0n) is 11.3. The van der Waals surface area contributed by atoms with Gasteiger partial charge in [-0.25, -0.2) is 0 Å². The zero-order valence-corrected chi connectivity index (χ0v) is 11.3. The van der Waals surface area contributed by atoms with E-state index < -0.39 is 0 Å². The quantitative estimate of drug-likeness (QED) is 0.858. The molecule has 1 aliphatic rings. The van der Waals surface area contributed by atoms with Gasteiger partial charge in [-0.1, -0.05) is 5.16 Å². The second kappa shape index (κ2) is 5.50. The lowest BCUT2D eigenvalue weighted by molar-refractivity contribution is 0.185. The van der Waals surface area contributed by atoms with Crippen LogP contribution in [0.25, 0.3) is 11.5 Å². The van der Waals surface area contributed by atoms with Crippen LogP contribution in [-0.2, 0) is 11.2 Å². The third-order valence-electron chi connectivity index (χ3n) is 3.45. The number of nitrogens with zero attached hydrogens (tertiary/aromatic N) is 2. The van der Waals surface area contributed by atoms with Crippen molar-refractivity contribution in [2.45, 2.75) is 12.8 Å². The number of benzene rings is 1. The van der Waals surface area contributed by atoms with Crippen molar-refractivity contribution in [3.63, 3.8) is 0 Å². The first-order chi connectivity index (χ1) is 9.76. The van der Waals surface area contributed by atoms with Crippen LogP contribution in [0.4, 0.5) is 5.69 Å². The van der Waals surface area contributed by atoms with Crippen LogP contribution in [0.3, 0.4) is 0 Å². The first kappa shape index (κ1) is 12.9. The Kier molecular flexibility index (Phi) is 3.56. The van der Waals surface area contributed by atoms with Crippen molar-refractivity contribution in [1.82, 2.24) is 10.1 Å². The molecule has 1 atom stereocenters. The van der Waals surface area contributed by atoms with Gasteiger partial charge >= 0.3 is 0 Å². The number of nitrogen functional groups attached to an aromatic ring is 1. The van der Waals surface area contributed by atoms with Crippen molar-refractivity contribution < 1.29 is 14.0 Å². The summed E-state index contributed by atoms with van der Waals surface area (Å²) in [6.07, 6.45) is 1.82. The second-order valence-electron chi connectivity index (χ2n) is 4.90. The van der Waals surface area contributed by atoms with Crippen LogP contribution in [0.5, 0.6) is 5.75 Å². The molecule has 2 heterocycles. The van der Waals surface area contributed by atoms with Gasteiger partial charge in [0.05, 0.1) is 12.7 Å². The lowest BCUT2D eigenvalue weighted by Crippen LogP contribution is -2.04. The number of anilines is 1. The summed E-state index contributed by atoms with van der Waals surface area (Å²) in [5.41, 5.74) is 7.23. The van der Waals surface area contributed by atoms with E-state index in [2.05, 4.69) is 10.1 Å². The number of hydrogen-bond acceptors (Lipinski definition) is 6. The smallest absolute Gasteiger partial charge is 0.260 e. The summed E-state index contributed by atoms with van der Waals surface area (Å²) >= 11 is 0. The summed E-state index contributed by atoms with van der Waals surface area (Å²) in [5.74, 6) is 2.30. The number of methoxy groups -OCH3 is 1. The summed E-state index contributed by atoms with van der Waals surface area (Å²) in [7, 11) is 1.61. The van der Waals surface area contributed by atoms with E-state index in [0.29, 0.717) is 34.6 Å². The minimum absolute atomic E-state index is 0.426. The number of rotatable bonds is 4. The first-order valence-corrected chi connectivity index (χ1v) is 6.60. The highest BCUT2D eigenvalue weighted by atomic mass is 16.5. The molecular weight excluding hydrogens is 258 g/mol. The minimum atomic E-state index is 0.426. The third kappa shape index (κ3) is 2.60. The van der Waals surface area contributed by atoms with Gasteiger partial charge in [-0.2, -0.15) is 4.98 Å². The Bertz CT molecular complexity index is 591. The average Bonchev–Trinajstić information content (AvgIpc) is 3.12. The number of nitrogens with two attached hydrogens (primary N) is 1. The molecule has 1 aliphatic heterocycles. The SMILES string of the molecule is COc1ccc(N)c(-c2nc(CC3CCOC3)no2)c1. The molecule has 106 valence electrons. The van der Waals surface area contributed by atoms with Gasteiger partial charge in [0.1, 0.15) is 5.75 Å². The van der Waals surface area contributed by atoms with Gasteiger partial charge in [0.15, 0.2) is 5.82 Å². The van der Waals surface area contributed by atoms with Gasteiger partial charge in [0.25, 0.3) is 5.89 Å². The summed E-state index contributed by atoms with van der Waals surface area (Å²) in [6.45, 7) is 1.59. The summed E-state index contributed by atoms with van der Waals surface area (Å²) < 4.78 is 15.8. The van der Waals surface area contributed by atoms with E-state index >= 15 is 0 Å². The van der Waals surface area contributed by atoms with Gasteiger partial charge in [-0.15, -0.1) is 0 Å². The molecule has 20 heavy (non-hydrogen) atoms. The van der Waals surface area contributed by atoms with Gasteiger partial charge in [0, 0.05) is 25.3 Å². The van der Waals surface area contributed by atoms with Gasteiger partial charge in [-0.05, 0) is 30.5 Å². The Balaban J connectivity index is 1.82. The summed E-state index contributed by atoms with van der Waals surface area (Å²) in [6, 6.07) is 5.36. The molecular formula is C14H17N3O3. The Morgan fingerprint density at radius 3 is 3.10 bits per heavy atom. The fourth-order valence-electron chi connectivity index (χ4n) is 2.30. The largest absolute Gasteiger partial charge is 0.497 e. The maximum atomic E-state index is 5.95. The Hall–Kier alpha value is -2.08. The van der Waals surface area contributed by atoms with Gasteiger partial charge < -0.3 is 19.7 Å². The minimum Gasteiger partial charge on any atom is -0.497 e. The van der Waals surface area contributed by atoms with E-state index in [1.54, 1.807) is 25.3 Å². The zero-order chi connectivity index (χ0) is 13.9. The number of ether oxygens (including phenoxy) is 2. The predicted octanol–water partition coefficient (Wildman–Crippen LogP) is 1.91. The van der Waals surface area contributed by atoms with Crippen molar-refractivity contribution in [1.29, 1.82) is 0 Å². The van der Waals surface area contributed by atoms with E-state index in [1.165, 1.54) is 0 Å². The highest BCUT2D eigenvalue weighted by Crippen LogP contribution is 2.29. The molecule has 3 rings (SSSR count). The molecule has 2 aromatic rings. The van der Waals surface area contributed by atoms with Crippen LogP contribution >= 0.6 is 0 Å². The van der Waals surface area contributed by atoms with E-state index in [9.17, 15) is 0 Å².